The van der Waals surface area contributed by atoms with Crippen LogP contribution in [0.25, 0.3) is 0 Å². The topological polar surface area (TPSA) is 58.6 Å². The van der Waals surface area contributed by atoms with Gasteiger partial charge in [0.2, 0.25) is 5.91 Å². The standard InChI is InChI=1S/C20H24N2O3S/c1-14-9-11-16(12-10-14)25-15(2)20(24)22(3)13-19(23)21-17-7-5-6-8-18(17)26-4/h5-12,15H,13H2,1-4H3,(H,21,23)/t15-/m0/s1. The molecule has 0 unspecified atom stereocenters. The summed E-state index contributed by atoms with van der Waals surface area (Å²) in [4.78, 5) is 27.0. The van der Waals surface area contributed by atoms with E-state index in [1.165, 1.54) is 4.90 Å². The summed E-state index contributed by atoms with van der Waals surface area (Å²) in [6, 6.07) is 15.1. The summed E-state index contributed by atoms with van der Waals surface area (Å²) in [7, 11) is 1.59. The molecule has 26 heavy (non-hydrogen) atoms. The first-order chi connectivity index (χ1) is 12.4. The first-order valence-corrected chi connectivity index (χ1v) is 9.54. The molecule has 2 rings (SSSR count). The Morgan fingerprint density at radius 3 is 2.46 bits per heavy atom. The van der Waals surface area contributed by atoms with Gasteiger partial charge < -0.3 is 15.0 Å². The molecule has 0 saturated heterocycles. The van der Waals surface area contributed by atoms with Crippen LogP contribution in [0.1, 0.15) is 12.5 Å². The fourth-order valence-corrected chi connectivity index (χ4v) is 2.97. The van der Waals surface area contributed by atoms with Crippen LogP contribution in [-0.4, -0.2) is 42.7 Å². The number of ether oxygens (including phenoxy) is 1. The predicted octanol–water partition coefficient (Wildman–Crippen LogP) is 3.58. The number of hydrogen-bond acceptors (Lipinski definition) is 4. The molecule has 0 aromatic heterocycles. The van der Waals surface area contributed by atoms with Crippen molar-refractivity contribution >= 4 is 29.3 Å². The third-order valence-corrected chi connectivity index (χ3v) is 4.62. The number of benzene rings is 2. The molecule has 0 aliphatic heterocycles. The lowest BCUT2D eigenvalue weighted by Gasteiger charge is -2.22. The van der Waals surface area contributed by atoms with Gasteiger partial charge in [-0.3, -0.25) is 9.59 Å². The molecule has 0 spiro atoms. The monoisotopic (exact) mass is 372 g/mol. The van der Waals surface area contributed by atoms with E-state index in [-0.39, 0.29) is 18.4 Å². The van der Waals surface area contributed by atoms with Crippen molar-refractivity contribution in [3.63, 3.8) is 0 Å². The van der Waals surface area contributed by atoms with E-state index in [1.807, 2.05) is 61.7 Å². The number of amides is 2. The Kier molecular flexibility index (Phi) is 7.09. The van der Waals surface area contributed by atoms with Crippen molar-refractivity contribution in [2.75, 3.05) is 25.2 Å². The Balaban J connectivity index is 1.90. The Hall–Kier alpha value is -2.47. The van der Waals surface area contributed by atoms with Crippen LogP contribution in [-0.2, 0) is 9.59 Å². The Morgan fingerprint density at radius 1 is 1.15 bits per heavy atom. The molecule has 1 atom stereocenters. The number of aryl methyl sites for hydroxylation is 1. The summed E-state index contributed by atoms with van der Waals surface area (Å²) in [5, 5.41) is 2.85. The molecular formula is C20H24N2O3S. The largest absolute Gasteiger partial charge is 0.481 e. The van der Waals surface area contributed by atoms with Crippen LogP contribution in [0, 0.1) is 6.92 Å². The van der Waals surface area contributed by atoms with Gasteiger partial charge in [-0.2, -0.15) is 0 Å². The third kappa shape index (κ3) is 5.52. The molecule has 138 valence electrons. The van der Waals surface area contributed by atoms with Crippen LogP contribution in [0.4, 0.5) is 5.69 Å². The summed E-state index contributed by atoms with van der Waals surface area (Å²) < 4.78 is 5.66. The zero-order valence-corrected chi connectivity index (χ0v) is 16.3. The van der Waals surface area contributed by atoms with Gasteiger partial charge in [-0.1, -0.05) is 29.8 Å². The number of rotatable bonds is 7. The molecule has 0 radical (unpaired) electrons. The van der Waals surface area contributed by atoms with Gasteiger partial charge in [-0.15, -0.1) is 11.8 Å². The summed E-state index contributed by atoms with van der Waals surface area (Å²) in [5.41, 5.74) is 1.87. The first-order valence-electron chi connectivity index (χ1n) is 8.32. The Bertz CT molecular complexity index is 762. The van der Waals surface area contributed by atoms with E-state index in [0.717, 1.165) is 16.1 Å². The minimum atomic E-state index is -0.672. The maximum absolute atomic E-state index is 12.4. The van der Waals surface area contributed by atoms with Crippen molar-refractivity contribution in [1.29, 1.82) is 0 Å². The highest BCUT2D eigenvalue weighted by Gasteiger charge is 2.21. The molecule has 0 aliphatic rings. The zero-order valence-electron chi connectivity index (χ0n) is 15.5. The zero-order chi connectivity index (χ0) is 19.1. The minimum Gasteiger partial charge on any atom is -0.481 e. The number of likely N-dealkylation sites (N-methyl/N-ethyl adjacent to an activating group) is 1. The van der Waals surface area contributed by atoms with Gasteiger partial charge in [0.05, 0.1) is 12.2 Å². The second-order valence-corrected chi connectivity index (χ2v) is 6.86. The number of thioether (sulfide) groups is 1. The summed E-state index contributed by atoms with van der Waals surface area (Å²) in [5.74, 6) is 0.131. The highest BCUT2D eigenvalue weighted by molar-refractivity contribution is 7.98. The highest BCUT2D eigenvalue weighted by atomic mass is 32.2. The first kappa shape index (κ1) is 19.8. The van der Waals surface area contributed by atoms with Crippen LogP contribution in [0.5, 0.6) is 5.75 Å². The van der Waals surface area contributed by atoms with Crippen LogP contribution in [0.15, 0.2) is 53.4 Å². The van der Waals surface area contributed by atoms with Gasteiger partial charge in [0, 0.05) is 11.9 Å². The molecular weight excluding hydrogens is 348 g/mol. The van der Waals surface area contributed by atoms with Gasteiger partial charge in [-0.05, 0) is 44.4 Å². The molecule has 0 heterocycles. The van der Waals surface area contributed by atoms with Crippen LogP contribution < -0.4 is 10.1 Å². The SMILES string of the molecule is CSc1ccccc1NC(=O)CN(C)C(=O)[C@H](C)Oc1ccc(C)cc1. The van der Waals surface area contributed by atoms with Gasteiger partial charge in [0.25, 0.3) is 5.91 Å². The van der Waals surface area contributed by atoms with Crippen LogP contribution >= 0.6 is 11.8 Å². The fraction of sp³-hybridized carbons (Fsp3) is 0.300. The van der Waals surface area contributed by atoms with E-state index in [0.29, 0.717) is 5.75 Å². The molecule has 6 heteroatoms. The van der Waals surface area contributed by atoms with Crippen molar-refractivity contribution in [2.45, 2.75) is 24.8 Å². The van der Waals surface area contributed by atoms with E-state index in [4.69, 9.17) is 4.74 Å². The van der Waals surface area contributed by atoms with Crippen molar-refractivity contribution < 1.29 is 14.3 Å². The summed E-state index contributed by atoms with van der Waals surface area (Å²) in [6.45, 7) is 3.63. The second-order valence-electron chi connectivity index (χ2n) is 6.02. The fourth-order valence-electron chi connectivity index (χ4n) is 2.41. The lowest BCUT2D eigenvalue weighted by Crippen LogP contribution is -2.42. The number of nitrogens with one attached hydrogen (secondary N) is 1. The Labute approximate surface area is 158 Å². The van der Waals surface area contributed by atoms with E-state index in [2.05, 4.69) is 5.32 Å². The Morgan fingerprint density at radius 2 is 1.81 bits per heavy atom. The number of carbonyl (C=O) groups is 2. The van der Waals surface area contributed by atoms with E-state index in [1.54, 1.807) is 25.7 Å². The highest BCUT2D eigenvalue weighted by Crippen LogP contribution is 2.24. The molecule has 0 fully saturated rings. The van der Waals surface area contributed by atoms with Gasteiger partial charge >= 0.3 is 0 Å². The van der Waals surface area contributed by atoms with Crippen molar-refractivity contribution in [1.82, 2.24) is 4.90 Å². The maximum Gasteiger partial charge on any atom is 0.263 e. The van der Waals surface area contributed by atoms with Crippen molar-refractivity contribution in [3.05, 3.63) is 54.1 Å². The van der Waals surface area contributed by atoms with Crippen LogP contribution in [0.3, 0.4) is 0 Å². The minimum absolute atomic E-state index is 0.0385. The quantitative estimate of drug-likeness (QED) is 0.755. The van der Waals surface area contributed by atoms with E-state index >= 15 is 0 Å². The molecule has 2 aromatic carbocycles. The third-order valence-electron chi connectivity index (χ3n) is 3.82. The molecule has 1 N–H and O–H groups in total. The smallest absolute Gasteiger partial charge is 0.263 e. The maximum atomic E-state index is 12.4. The van der Waals surface area contributed by atoms with Crippen molar-refractivity contribution in [2.24, 2.45) is 0 Å². The summed E-state index contributed by atoms with van der Waals surface area (Å²) >= 11 is 1.55. The number of anilines is 1. The number of nitrogens with zero attached hydrogens (tertiary/aromatic N) is 1. The lowest BCUT2D eigenvalue weighted by atomic mass is 10.2. The molecule has 0 saturated carbocycles. The molecule has 2 aromatic rings. The van der Waals surface area contributed by atoms with E-state index in [9.17, 15) is 9.59 Å². The summed E-state index contributed by atoms with van der Waals surface area (Å²) in [6.07, 6.45) is 1.28. The molecule has 2 amide bonds. The van der Waals surface area contributed by atoms with E-state index < -0.39 is 6.10 Å². The van der Waals surface area contributed by atoms with Crippen molar-refractivity contribution in [3.8, 4) is 5.75 Å². The molecule has 0 aliphatic carbocycles. The van der Waals surface area contributed by atoms with Gasteiger partial charge in [0.15, 0.2) is 6.10 Å². The van der Waals surface area contributed by atoms with Crippen LogP contribution in [0.2, 0.25) is 0 Å². The number of carbonyl (C=O) groups excluding carboxylic acids is 2. The van der Waals surface area contributed by atoms with Gasteiger partial charge in [-0.25, -0.2) is 0 Å². The average Bonchev–Trinajstić information content (AvgIpc) is 2.63. The number of hydrogen-bond donors (Lipinski definition) is 1. The second kappa shape index (κ2) is 9.29. The number of para-hydroxylation sites is 1. The predicted molar refractivity (Wildman–Crippen MR) is 106 cm³/mol. The lowest BCUT2D eigenvalue weighted by molar-refractivity contribution is -0.139. The van der Waals surface area contributed by atoms with Gasteiger partial charge in [0.1, 0.15) is 5.75 Å². The molecule has 5 nitrogen and oxygen atoms in total. The average molecular weight is 372 g/mol. The molecule has 0 bridgehead atoms. The normalized spacial score (nSPS) is 11.5.